The molecule has 0 heterocycles. The summed E-state index contributed by atoms with van der Waals surface area (Å²) in [4.78, 5) is 17.2. The van der Waals surface area contributed by atoms with Gasteiger partial charge < -0.3 is 4.74 Å². The van der Waals surface area contributed by atoms with E-state index in [0.717, 1.165) is 35.0 Å². The van der Waals surface area contributed by atoms with E-state index in [1.165, 1.54) is 7.11 Å². The Morgan fingerprint density at radius 3 is 2.40 bits per heavy atom. The van der Waals surface area contributed by atoms with Crippen LogP contribution in [0, 0.1) is 0 Å². The second-order valence-electron chi connectivity index (χ2n) is 4.51. The number of ether oxygens (including phenoxy) is 1. The molecule has 2 rings (SSSR count). The molecule has 1 fully saturated rings. The van der Waals surface area contributed by atoms with Crippen LogP contribution in [0.2, 0.25) is 0 Å². The molecular formula is C15H23BrNO3+. The lowest BCUT2D eigenvalue weighted by Crippen LogP contribution is -2.77. The molecule has 20 heavy (non-hydrogen) atoms. The zero-order valence-corrected chi connectivity index (χ0v) is 14.1. The first-order chi connectivity index (χ1) is 9.64. The summed E-state index contributed by atoms with van der Waals surface area (Å²) in [6.07, 6.45) is 2.73. The number of halogens is 1. The molecule has 0 aromatic heterocycles. The summed E-state index contributed by atoms with van der Waals surface area (Å²) in [5.74, 6) is -0.151. The molecule has 0 spiro atoms. The van der Waals surface area contributed by atoms with Crippen molar-refractivity contribution < 1.29 is 19.8 Å². The monoisotopic (exact) mass is 344 g/mol. The molecule has 0 bridgehead atoms. The minimum absolute atomic E-state index is 0.151. The highest BCUT2D eigenvalue weighted by Gasteiger charge is 2.49. The summed E-state index contributed by atoms with van der Waals surface area (Å²) in [5.41, 5.74) is 3.10. The van der Waals surface area contributed by atoms with Gasteiger partial charge in [0.05, 0.1) is 19.6 Å². The number of hydrogen-bond acceptors (Lipinski definition) is 3. The van der Waals surface area contributed by atoms with E-state index in [2.05, 4.69) is 15.9 Å². The van der Waals surface area contributed by atoms with Crippen molar-refractivity contribution in [3.05, 3.63) is 28.2 Å². The number of methoxy groups -OCH3 is 1. The quantitative estimate of drug-likeness (QED) is 0.519. The van der Waals surface area contributed by atoms with Gasteiger partial charge in [0, 0.05) is 16.1 Å². The molecule has 4 nitrogen and oxygen atoms in total. The van der Waals surface area contributed by atoms with E-state index in [1.54, 1.807) is 12.6 Å². The van der Waals surface area contributed by atoms with E-state index >= 15 is 0 Å². The first-order valence-corrected chi connectivity index (χ1v) is 7.68. The van der Waals surface area contributed by atoms with Crippen molar-refractivity contribution in [3.63, 3.8) is 0 Å². The summed E-state index contributed by atoms with van der Waals surface area (Å²) in [7, 11) is 3.05. The summed E-state index contributed by atoms with van der Waals surface area (Å²) >= 11 is 3.44. The third-order valence-corrected chi connectivity index (χ3v) is 4.05. The molecular weight excluding hydrogens is 322 g/mol. The van der Waals surface area contributed by atoms with Gasteiger partial charge >= 0.3 is 5.97 Å². The maximum Gasteiger partial charge on any atom is 0.316 e. The normalized spacial score (nSPS) is 15.7. The Hall–Kier alpha value is -0.910. The van der Waals surface area contributed by atoms with Crippen LogP contribution in [0.1, 0.15) is 38.7 Å². The zero-order valence-electron chi connectivity index (χ0n) is 12.5. The number of rotatable bonds is 4. The van der Waals surface area contributed by atoms with Crippen LogP contribution in [0.25, 0.3) is 0 Å². The van der Waals surface area contributed by atoms with Crippen molar-refractivity contribution >= 4 is 27.6 Å². The smallest absolute Gasteiger partial charge is 0.316 e. The topological polar surface area (TPSA) is 52.1 Å². The van der Waals surface area contributed by atoms with Gasteiger partial charge in [0.15, 0.2) is 5.69 Å². The van der Waals surface area contributed by atoms with E-state index in [4.69, 9.17) is 9.57 Å². The Kier molecular flexibility index (Phi) is 6.65. The molecule has 1 saturated carbocycles. The van der Waals surface area contributed by atoms with Crippen LogP contribution in [0.15, 0.2) is 22.7 Å². The summed E-state index contributed by atoms with van der Waals surface area (Å²) in [6.45, 7) is 4.00. The van der Waals surface area contributed by atoms with Crippen LogP contribution >= 0.6 is 15.9 Å². The van der Waals surface area contributed by atoms with Crippen molar-refractivity contribution in [2.45, 2.75) is 38.5 Å². The number of esters is 1. The van der Waals surface area contributed by atoms with Gasteiger partial charge in [0.1, 0.15) is 0 Å². The fourth-order valence-electron chi connectivity index (χ4n) is 2.50. The molecule has 0 aliphatic heterocycles. The minimum Gasteiger partial charge on any atom is -0.468 e. The Morgan fingerprint density at radius 2 is 1.95 bits per heavy atom. The molecule has 0 radical (unpaired) electrons. The Labute approximate surface area is 128 Å². The third-order valence-electron chi connectivity index (χ3n) is 3.56. The number of carbonyl (C=O) groups is 1. The lowest BCUT2D eigenvalue weighted by atomic mass is 9.64. The molecule has 2 N–H and O–H groups in total. The van der Waals surface area contributed by atoms with Gasteiger partial charge in [0.25, 0.3) is 0 Å². The number of benzene rings is 1. The van der Waals surface area contributed by atoms with Crippen molar-refractivity contribution in [3.8, 4) is 0 Å². The lowest BCUT2D eigenvalue weighted by molar-refractivity contribution is -0.830. The van der Waals surface area contributed by atoms with Crippen LogP contribution in [-0.2, 0) is 19.8 Å². The van der Waals surface area contributed by atoms with Crippen molar-refractivity contribution in [1.29, 1.82) is 0 Å². The molecule has 0 amide bonds. The largest absolute Gasteiger partial charge is 0.468 e. The number of nitrogens with two attached hydrogens (primary N) is 1. The average molecular weight is 345 g/mol. The van der Waals surface area contributed by atoms with Crippen LogP contribution < -0.4 is 5.48 Å². The van der Waals surface area contributed by atoms with Gasteiger partial charge in [0.2, 0.25) is 0 Å². The third kappa shape index (κ3) is 3.22. The molecule has 1 aromatic rings. The average Bonchev–Trinajstić information content (AvgIpc) is 2.42. The fraction of sp³-hybridized carbons (Fsp3) is 0.533. The molecule has 0 saturated heterocycles. The van der Waals surface area contributed by atoms with Crippen molar-refractivity contribution in [2.75, 3.05) is 14.2 Å². The standard InChI is InChI=1S/C13H16BrNO3.C2H6/c1-17-12(16)13(6-3-7-13)10-5-4-9(14)8-11(10)15-18-2;1-2/h4-5,8,15H,3,6-7H2,1-2H3;1-2H3/p+1. The molecule has 0 atom stereocenters. The van der Waals surface area contributed by atoms with E-state index in [-0.39, 0.29) is 5.97 Å². The summed E-state index contributed by atoms with van der Waals surface area (Å²) in [6, 6.07) is 5.89. The SMILES string of the molecule is CC.CO[NH2+]c1cc(Br)ccc1C1(C(=O)OC)CCC1. The highest BCUT2D eigenvalue weighted by Crippen LogP contribution is 2.46. The van der Waals surface area contributed by atoms with Crippen molar-refractivity contribution in [1.82, 2.24) is 0 Å². The van der Waals surface area contributed by atoms with Gasteiger partial charge in [-0.1, -0.05) is 42.3 Å². The Morgan fingerprint density at radius 1 is 1.30 bits per heavy atom. The molecule has 5 heteroatoms. The molecule has 1 aromatic carbocycles. The maximum absolute atomic E-state index is 12.1. The second-order valence-corrected chi connectivity index (χ2v) is 5.43. The second kappa shape index (κ2) is 7.76. The van der Waals surface area contributed by atoms with Gasteiger partial charge in [-0.3, -0.25) is 4.79 Å². The molecule has 1 aliphatic rings. The Balaban J connectivity index is 0.000000956. The first kappa shape index (κ1) is 17.1. The van der Waals surface area contributed by atoms with Crippen LogP contribution in [0.5, 0.6) is 0 Å². The van der Waals surface area contributed by atoms with Crippen LogP contribution in [-0.4, -0.2) is 20.2 Å². The van der Waals surface area contributed by atoms with Crippen molar-refractivity contribution in [2.24, 2.45) is 0 Å². The molecule has 112 valence electrons. The predicted molar refractivity (Wildman–Crippen MR) is 81.6 cm³/mol. The van der Waals surface area contributed by atoms with Gasteiger partial charge in [-0.05, 0) is 18.9 Å². The highest BCUT2D eigenvalue weighted by atomic mass is 79.9. The fourth-order valence-corrected chi connectivity index (χ4v) is 2.88. The maximum atomic E-state index is 12.1. The van der Waals surface area contributed by atoms with Crippen LogP contribution in [0.4, 0.5) is 5.69 Å². The lowest BCUT2D eigenvalue weighted by Gasteiger charge is -2.39. The van der Waals surface area contributed by atoms with E-state index < -0.39 is 5.41 Å². The number of carbonyl (C=O) groups excluding carboxylic acids is 1. The molecule has 1 aliphatic carbocycles. The van der Waals surface area contributed by atoms with Gasteiger partial charge in [-0.15, -0.1) is 0 Å². The van der Waals surface area contributed by atoms with E-state index in [9.17, 15) is 4.79 Å². The minimum atomic E-state index is -0.486. The van der Waals surface area contributed by atoms with E-state index in [0.29, 0.717) is 0 Å². The summed E-state index contributed by atoms with van der Waals surface area (Å²) < 4.78 is 5.94. The van der Waals surface area contributed by atoms with Crippen LogP contribution in [0.3, 0.4) is 0 Å². The Bertz CT molecular complexity index is 458. The number of hydrogen-bond donors (Lipinski definition) is 1. The molecule has 0 unspecified atom stereocenters. The highest BCUT2D eigenvalue weighted by molar-refractivity contribution is 9.10. The van der Waals surface area contributed by atoms with Gasteiger partial charge in [-0.25, -0.2) is 4.84 Å². The zero-order chi connectivity index (χ0) is 15.2. The summed E-state index contributed by atoms with van der Waals surface area (Å²) in [5, 5.41) is 0. The van der Waals surface area contributed by atoms with E-state index in [1.807, 2.05) is 32.0 Å². The van der Waals surface area contributed by atoms with Gasteiger partial charge in [-0.2, -0.15) is 5.48 Å². The number of quaternary nitrogens is 1. The predicted octanol–water partition coefficient (Wildman–Crippen LogP) is 2.83. The first-order valence-electron chi connectivity index (χ1n) is 6.88.